The molecule has 0 aliphatic heterocycles. The molecular formula is C15H21N5O5S. The molecule has 0 saturated heterocycles. The summed E-state index contributed by atoms with van der Waals surface area (Å²) >= 11 is 0. The molecule has 1 heterocycles. The van der Waals surface area contributed by atoms with Crippen LogP contribution in [-0.4, -0.2) is 52.2 Å². The van der Waals surface area contributed by atoms with Crippen molar-refractivity contribution in [1.29, 1.82) is 0 Å². The summed E-state index contributed by atoms with van der Waals surface area (Å²) in [5.74, 6) is 0. The van der Waals surface area contributed by atoms with E-state index in [0.29, 0.717) is 12.2 Å². The molecule has 2 aromatic rings. The van der Waals surface area contributed by atoms with Gasteiger partial charge in [0.05, 0.1) is 34.9 Å². The zero-order valence-corrected chi connectivity index (χ0v) is 15.3. The Kier molecular flexibility index (Phi) is 6.29. The second-order valence-electron chi connectivity index (χ2n) is 5.37. The number of aliphatic hydroxyl groups is 1. The molecule has 0 saturated carbocycles. The molecule has 10 nitrogen and oxygen atoms in total. The zero-order valence-electron chi connectivity index (χ0n) is 14.5. The average Bonchev–Trinajstić information content (AvgIpc) is 3.03. The molecule has 0 amide bonds. The lowest BCUT2D eigenvalue weighted by Crippen LogP contribution is -2.30. The standard InChI is InChI=1S/C15H21N5O5S/c1-3-19(4-2)26(24,25)13-5-6-14(15(9-13)20(22)23)17-12-10-16-18(11-12)7-8-21/h5-6,9-11,17,21H,3-4,7-8H2,1-2H3. The van der Waals surface area contributed by atoms with E-state index < -0.39 is 14.9 Å². The van der Waals surface area contributed by atoms with Crippen molar-refractivity contribution < 1.29 is 18.4 Å². The Bertz CT molecular complexity index is 876. The van der Waals surface area contributed by atoms with E-state index in [1.807, 2.05) is 0 Å². The van der Waals surface area contributed by atoms with Crippen LogP contribution in [0.15, 0.2) is 35.5 Å². The fourth-order valence-corrected chi connectivity index (χ4v) is 3.93. The van der Waals surface area contributed by atoms with Gasteiger partial charge < -0.3 is 10.4 Å². The number of aliphatic hydroxyl groups excluding tert-OH is 1. The van der Waals surface area contributed by atoms with Gasteiger partial charge in [-0.2, -0.15) is 9.40 Å². The van der Waals surface area contributed by atoms with Crippen molar-refractivity contribution in [2.24, 2.45) is 0 Å². The molecule has 0 fully saturated rings. The van der Waals surface area contributed by atoms with Crippen LogP contribution in [0, 0.1) is 10.1 Å². The second-order valence-corrected chi connectivity index (χ2v) is 7.30. The molecule has 0 unspecified atom stereocenters. The number of sulfonamides is 1. The molecule has 1 aromatic carbocycles. The first-order valence-corrected chi connectivity index (χ1v) is 9.46. The lowest BCUT2D eigenvalue weighted by Gasteiger charge is -2.18. The minimum Gasteiger partial charge on any atom is -0.394 e. The molecule has 0 radical (unpaired) electrons. The lowest BCUT2D eigenvalue weighted by molar-refractivity contribution is -0.384. The summed E-state index contributed by atoms with van der Waals surface area (Å²) in [6.45, 7) is 4.17. The monoisotopic (exact) mass is 383 g/mol. The number of nitrogens with one attached hydrogen (secondary N) is 1. The molecule has 0 atom stereocenters. The van der Waals surface area contributed by atoms with Crippen molar-refractivity contribution in [2.75, 3.05) is 25.0 Å². The number of aromatic nitrogens is 2. The van der Waals surface area contributed by atoms with E-state index in [9.17, 15) is 18.5 Å². The largest absolute Gasteiger partial charge is 0.394 e. The van der Waals surface area contributed by atoms with Crippen LogP contribution in [0.5, 0.6) is 0 Å². The van der Waals surface area contributed by atoms with Crippen LogP contribution in [0.4, 0.5) is 17.1 Å². The minimum atomic E-state index is -3.79. The molecule has 142 valence electrons. The Morgan fingerprint density at radius 3 is 2.62 bits per heavy atom. The number of nitrogens with zero attached hydrogens (tertiary/aromatic N) is 4. The van der Waals surface area contributed by atoms with E-state index in [-0.39, 0.29) is 36.0 Å². The van der Waals surface area contributed by atoms with Crippen molar-refractivity contribution in [1.82, 2.24) is 14.1 Å². The first kappa shape index (κ1) is 19.8. The highest BCUT2D eigenvalue weighted by Gasteiger charge is 2.25. The maximum atomic E-state index is 12.6. The predicted molar refractivity (Wildman–Crippen MR) is 95.8 cm³/mol. The predicted octanol–water partition coefficient (Wildman–Crippen LogP) is 1.56. The number of nitro groups is 1. The van der Waals surface area contributed by atoms with Gasteiger partial charge in [0.25, 0.3) is 5.69 Å². The van der Waals surface area contributed by atoms with Gasteiger partial charge in [0, 0.05) is 25.4 Å². The molecular weight excluding hydrogens is 362 g/mol. The lowest BCUT2D eigenvalue weighted by atomic mass is 10.2. The van der Waals surface area contributed by atoms with Gasteiger partial charge in [0.2, 0.25) is 10.0 Å². The molecule has 1 aromatic heterocycles. The normalized spacial score (nSPS) is 11.7. The van der Waals surface area contributed by atoms with Crippen molar-refractivity contribution in [3.05, 3.63) is 40.7 Å². The van der Waals surface area contributed by atoms with Crippen LogP contribution >= 0.6 is 0 Å². The van der Waals surface area contributed by atoms with Crippen LogP contribution in [0.2, 0.25) is 0 Å². The van der Waals surface area contributed by atoms with Gasteiger partial charge in [-0.1, -0.05) is 13.8 Å². The minimum absolute atomic E-state index is 0.0841. The number of nitro benzene ring substituents is 1. The number of hydrogen-bond acceptors (Lipinski definition) is 7. The molecule has 0 bridgehead atoms. The summed E-state index contributed by atoms with van der Waals surface area (Å²) in [7, 11) is -3.79. The Labute approximate surface area is 151 Å². The van der Waals surface area contributed by atoms with Crippen LogP contribution in [0.3, 0.4) is 0 Å². The van der Waals surface area contributed by atoms with Gasteiger partial charge in [-0.05, 0) is 12.1 Å². The van der Waals surface area contributed by atoms with Crippen LogP contribution < -0.4 is 5.32 Å². The third kappa shape index (κ3) is 4.18. The van der Waals surface area contributed by atoms with E-state index in [4.69, 9.17) is 5.11 Å². The van der Waals surface area contributed by atoms with Crippen LogP contribution in [0.1, 0.15) is 13.8 Å². The summed E-state index contributed by atoms with van der Waals surface area (Å²) < 4.78 is 27.8. The van der Waals surface area contributed by atoms with Gasteiger partial charge in [0.15, 0.2) is 0 Å². The number of hydrogen-bond donors (Lipinski definition) is 2. The van der Waals surface area contributed by atoms with Crippen molar-refractivity contribution in [3.8, 4) is 0 Å². The number of rotatable bonds is 9. The third-order valence-corrected chi connectivity index (χ3v) is 5.80. The topological polar surface area (TPSA) is 131 Å². The van der Waals surface area contributed by atoms with Crippen LogP contribution in [0.25, 0.3) is 0 Å². The highest BCUT2D eigenvalue weighted by Crippen LogP contribution is 2.31. The van der Waals surface area contributed by atoms with Gasteiger partial charge >= 0.3 is 0 Å². The van der Waals surface area contributed by atoms with Gasteiger partial charge in [-0.25, -0.2) is 8.42 Å². The first-order valence-electron chi connectivity index (χ1n) is 8.02. The van der Waals surface area contributed by atoms with Gasteiger partial charge in [0.1, 0.15) is 5.69 Å². The molecule has 0 spiro atoms. The maximum Gasteiger partial charge on any atom is 0.294 e. The van der Waals surface area contributed by atoms with Crippen molar-refractivity contribution in [3.63, 3.8) is 0 Å². The van der Waals surface area contributed by atoms with Crippen LogP contribution in [-0.2, 0) is 16.6 Å². The SMILES string of the molecule is CCN(CC)S(=O)(=O)c1ccc(Nc2cnn(CCO)c2)c([N+](=O)[O-])c1. The summed E-state index contributed by atoms with van der Waals surface area (Å²) in [6.07, 6.45) is 3.04. The number of benzene rings is 1. The highest BCUT2D eigenvalue weighted by atomic mass is 32.2. The molecule has 2 rings (SSSR count). The Hall–Kier alpha value is -2.50. The van der Waals surface area contributed by atoms with E-state index in [1.165, 1.54) is 27.3 Å². The summed E-state index contributed by atoms with van der Waals surface area (Å²) in [6, 6.07) is 3.74. The maximum absolute atomic E-state index is 12.6. The quantitative estimate of drug-likeness (QED) is 0.496. The van der Waals surface area contributed by atoms with E-state index in [2.05, 4.69) is 10.4 Å². The molecule has 0 aliphatic carbocycles. The Morgan fingerprint density at radius 2 is 2.04 bits per heavy atom. The van der Waals surface area contributed by atoms with Gasteiger partial charge in [-0.3, -0.25) is 14.8 Å². The fraction of sp³-hybridized carbons (Fsp3) is 0.400. The number of anilines is 2. The van der Waals surface area contributed by atoms with Crippen molar-refractivity contribution in [2.45, 2.75) is 25.3 Å². The Morgan fingerprint density at radius 1 is 1.35 bits per heavy atom. The summed E-state index contributed by atoms with van der Waals surface area (Å²) in [5, 5.41) is 27.2. The smallest absolute Gasteiger partial charge is 0.294 e. The average molecular weight is 383 g/mol. The van der Waals surface area contributed by atoms with Gasteiger partial charge in [-0.15, -0.1) is 0 Å². The molecule has 2 N–H and O–H groups in total. The fourth-order valence-electron chi connectivity index (χ4n) is 2.45. The summed E-state index contributed by atoms with van der Waals surface area (Å²) in [4.78, 5) is 10.6. The van der Waals surface area contributed by atoms with E-state index in [0.717, 1.165) is 6.07 Å². The highest BCUT2D eigenvalue weighted by molar-refractivity contribution is 7.89. The first-order chi connectivity index (χ1) is 12.3. The second kappa shape index (κ2) is 8.25. The molecule has 0 aliphatic rings. The van der Waals surface area contributed by atoms with Crippen molar-refractivity contribution >= 4 is 27.1 Å². The van der Waals surface area contributed by atoms with E-state index in [1.54, 1.807) is 20.0 Å². The summed E-state index contributed by atoms with van der Waals surface area (Å²) in [5.41, 5.74) is 0.283. The molecule has 26 heavy (non-hydrogen) atoms. The zero-order chi connectivity index (χ0) is 19.3. The van der Waals surface area contributed by atoms with E-state index >= 15 is 0 Å². The molecule has 11 heteroatoms. The Balaban J connectivity index is 2.38. The third-order valence-electron chi connectivity index (χ3n) is 3.75.